The van der Waals surface area contributed by atoms with Gasteiger partial charge in [0, 0.05) is 20.3 Å². The quantitative estimate of drug-likeness (QED) is 0.296. The molecule has 0 atom stereocenters. The van der Waals surface area contributed by atoms with E-state index in [1.165, 1.54) is 0 Å². The molecule has 0 aliphatic heterocycles. The molecular formula is F2O4. The van der Waals surface area contributed by atoms with Crippen molar-refractivity contribution in [1.82, 2.24) is 0 Å². The van der Waals surface area contributed by atoms with Crippen LogP contribution in [0, 0.1) is 0 Å². The molecule has 0 saturated carbocycles. The molecule has 6 heavy (non-hydrogen) atoms. The molecule has 0 heterocycles. The largest absolute Gasteiger partial charge is 0.0124 e. The Labute approximate surface area is 30.7 Å². The standard InChI is InChI=1S/F2O4/c1-3-5-6-4-2. The molecule has 0 rings (SSSR count). The van der Waals surface area contributed by atoms with Crippen molar-refractivity contribution < 1.29 is 29.3 Å². The third kappa shape index (κ3) is 3.70. The van der Waals surface area contributed by atoms with Gasteiger partial charge in [-0.25, -0.2) is 0 Å². The summed E-state index contributed by atoms with van der Waals surface area (Å²) in [6, 6.07) is 0. The minimum atomic E-state index is 2.20. The lowest BCUT2D eigenvalue weighted by Crippen LogP contribution is -1.83. The highest BCUT2D eigenvalue weighted by Crippen LogP contribution is 1.81. The fourth-order valence-corrected chi connectivity index (χ4v) is 0.0210. The van der Waals surface area contributed by atoms with Gasteiger partial charge in [-0.05, 0) is 9.05 Å². The van der Waals surface area contributed by atoms with Gasteiger partial charge in [0.15, 0.2) is 0 Å². The summed E-state index contributed by atoms with van der Waals surface area (Å²) in [5.74, 6) is 0. The predicted molar refractivity (Wildman–Crippen MR) is 6.56 cm³/mol. The van der Waals surface area contributed by atoms with Crippen molar-refractivity contribution in [2.75, 3.05) is 0 Å². The first-order chi connectivity index (χ1) is 2.91. The van der Waals surface area contributed by atoms with Crippen molar-refractivity contribution >= 4 is 0 Å². The van der Waals surface area contributed by atoms with Crippen LogP contribution >= 0.6 is 0 Å². The van der Waals surface area contributed by atoms with Crippen molar-refractivity contribution in [3.63, 3.8) is 0 Å². The van der Waals surface area contributed by atoms with Crippen LogP contribution in [0.5, 0.6) is 0 Å². The SMILES string of the molecule is FOOOOF. The van der Waals surface area contributed by atoms with E-state index in [1.807, 2.05) is 0 Å². The molecule has 0 unspecified atom stereocenters. The normalized spacial score (nSPS) is 9.00. The van der Waals surface area contributed by atoms with Crippen LogP contribution < -0.4 is 0 Å². The molecule has 0 radical (unpaired) electrons. The topological polar surface area (TPSA) is 36.9 Å². The van der Waals surface area contributed by atoms with E-state index in [0.29, 0.717) is 0 Å². The maximum atomic E-state index is 10.1. The molecule has 0 fully saturated rings. The second-order valence-corrected chi connectivity index (χ2v) is 0.262. The first kappa shape index (κ1) is 5.70. The van der Waals surface area contributed by atoms with Gasteiger partial charge in [0.05, 0.1) is 0 Å². The summed E-state index contributed by atoms with van der Waals surface area (Å²) >= 11 is 0. The predicted octanol–water partition coefficient (Wildman–Crippen LogP) is 0.567. The molecule has 0 bridgehead atoms. The third-order valence-electron chi connectivity index (χ3n) is 0.0792. The summed E-state index contributed by atoms with van der Waals surface area (Å²) in [4.78, 5) is 0. The van der Waals surface area contributed by atoms with Crippen molar-refractivity contribution in [2.24, 2.45) is 0 Å². The maximum absolute atomic E-state index is 10.1. The minimum absolute atomic E-state index is 2.20. The van der Waals surface area contributed by atoms with Crippen molar-refractivity contribution in [2.45, 2.75) is 0 Å². The summed E-state index contributed by atoms with van der Waals surface area (Å²) in [7, 11) is 0. The van der Waals surface area contributed by atoms with Gasteiger partial charge in [-0.2, -0.15) is 0 Å². The molecule has 0 aliphatic carbocycles. The lowest BCUT2D eigenvalue weighted by molar-refractivity contribution is -0.714. The van der Waals surface area contributed by atoms with Crippen LogP contribution in [0.1, 0.15) is 0 Å². The van der Waals surface area contributed by atoms with E-state index < -0.39 is 0 Å². The van der Waals surface area contributed by atoms with Crippen LogP contribution in [0.25, 0.3) is 0 Å². The van der Waals surface area contributed by atoms with Crippen molar-refractivity contribution in [3.05, 3.63) is 0 Å². The Balaban J connectivity index is 2.34. The van der Waals surface area contributed by atoms with Crippen LogP contribution in [-0.4, -0.2) is 0 Å². The highest BCUT2D eigenvalue weighted by atomic mass is 19.3. The molecule has 0 saturated heterocycles. The molecule has 0 aromatic rings. The second-order valence-electron chi connectivity index (χ2n) is 0.262. The smallest absolute Gasteiger partial charge is 0.0104 e. The summed E-state index contributed by atoms with van der Waals surface area (Å²) < 4.78 is 20.2. The Morgan fingerprint density at radius 2 is 1.17 bits per heavy atom. The van der Waals surface area contributed by atoms with E-state index in [-0.39, 0.29) is 0 Å². The summed E-state index contributed by atoms with van der Waals surface area (Å²) in [5, 5.41) is 9.83. The van der Waals surface area contributed by atoms with Gasteiger partial charge in [0.2, 0.25) is 0 Å². The fourth-order valence-electron chi connectivity index (χ4n) is 0.0210. The molecule has 6 heteroatoms. The Bertz CT molecular complexity index is 17.5. The summed E-state index contributed by atoms with van der Waals surface area (Å²) in [6.45, 7) is 0. The average molecular weight is 102 g/mol. The van der Waals surface area contributed by atoms with Crippen LogP contribution in [-0.2, 0) is 20.3 Å². The van der Waals surface area contributed by atoms with Crippen molar-refractivity contribution in [3.8, 4) is 0 Å². The van der Waals surface area contributed by atoms with Gasteiger partial charge in [-0.3, -0.25) is 0 Å². The van der Waals surface area contributed by atoms with Crippen LogP contribution in [0.3, 0.4) is 0 Å². The van der Waals surface area contributed by atoms with Crippen LogP contribution in [0.15, 0.2) is 0 Å². The van der Waals surface area contributed by atoms with Gasteiger partial charge in [-0.1, -0.05) is 0 Å². The highest BCUT2D eigenvalue weighted by molar-refractivity contribution is 2.89. The molecule has 0 amide bonds. The Morgan fingerprint density at radius 1 is 0.833 bits per heavy atom. The Morgan fingerprint density at radius 3 is 1.33 bits per heavy atom. The van der Waals surface area contributed by atoms with Crippen LogP contribution in [0.2, 0.25) is 0 Å². The lowest BCUT2D eigenvalue weighted by Gasteiger charge is -1.80. The van der Waals surface area contributed by atoms with Gasteiger partial charge < -0.3 is 0 Å². The van der Waals surface area contributed by atoms with E-state index in [2.05, 4.69) is 20.3 Å². The fraction of sp³-hybridized carbons (Fsp3) is 0. The second kappa shape index (κ2) is 4.70. The monoisotopic (exact) mass is 102 g/mol. The molecule has 4 nitrogen and oxygen atoms in total. The first-order valence-corrected chi connectivity index (χ1v) is 0.809. The molecule has 0 aliphatic rings. The van der Waals surface area contributed by atoms with Crippen LogP contribution in [0.4, 0.5) is 9.05 Å². The third-order valence-corrected chi connectivity index (χ3v) is 0.0792. The average Bonchev–Trinajstić information content (AvgIpc) is 1.61. The number of hydrogen-bond acceptors (Lipinski definition) is 4. The lowest BCUT2D eigenvalue weighted by atomic mass is 14.3. The number of rotatable bonds is 3. The van der Waals surface area contributed by atoms with E-state index in [4.69, 9.17) is 0 Å². The summed E-state index contributed by atoms with van der Waals surface area (Å²) in [6.07, 6.45) is 0. The molecule has 38 valence electrons. The number of halogens is 2. The highest BCUT2D eigenvalue weighted by Gasteiger charge is 1.81. The van der Waals surface area contributed by atoms with E-state index >= 15 is 0 Å². The zero-order valence-corrected chi connectivity index (χ0v) is 2.39. The Kier molecular flexibility index (Phi) is 4.46. The van der Waals surface area contributed by atoms with Gasteiger partial charge in [-0.15, -0.1) is 0 Å². The van der Waals surface area contributed by atoms with Gasteiger partial charge in [0.1, 0.15) is 0 Å². The molecular weight excluding hydrogens is 102 g/mol. The zero-order valence-electron chi connectivity index (χ0n) is 2.39. The molecule has 0 N–H and O–H groups in total. The van der Waals surface area contributed by atoms with Gasteiger partial charge in [0.25, 0.3) is 0 Å². The first-order valence-electron chi connectivity index (χ1n) is 0.809. The minimum Gasteiger partial charge on any atom is -0.0124 e. The van der Waals surface area contributed by atoms with Gasteiger partial charge >= 0.3 is 0 Å². The van der Waals surface area contributed by atoms with E-state index in [9.17, 15) is 9.05 Å². The zero-order chi connectivity index (χ0) is 4.83. The Hall–Kier alpha value is -0.300. The molecule has 0 aromatic carbocycles. The summed E-state index contributed by atoms with van der Waals surface area (Å²) in [5.41, 5.74) is 0. The van der Waals surface area contributed by atoms with E-state index in [0.717, 1.165) is 0 Å². The maximum Gasteiger partial charge on any atom is 0.0104 e. The molecule has 0 spiro atoms. The molecule has 0 aromatic heterocycles. The number of hydrogen-bond donors (Lipinski definition) is 0. The van der Waals surface area contributed by atoms with E-state index in [1.54, 1.807) is 0 Å². The van der Waals surface area contributed by atoms with Crippen molar-refractivity contribution in [1.29, 1.82) is 0 Å².